The summed E-state index contributed by atoms with van der Waals surface area (Å²) < 4.78 is 31.7. The highest BCUT2D eigenvalue weighted by Crippen LogP contribution is 2.28. The fraction of sp³-hybridized carbons (Fsp3) is 0.100. The predicted octanol–water partition coefficient (Wildman–Crippen LogP) is 2.08. The average Bonchev–Trinajstić information content (AvgIpc) is 2.65. The van der Waals surface area contributed by atoms with Crippen molar-refractivity contribution in [1.82, 2.24) is 4.98 Å². The molecule has 78 valence electrons. The van der Waals surface area contributed by atoms with Gasteiger partial charge in [-0.25, -0.2) is 13.8 Å². The number of oxazole rings is 1. The van der Waals surface area contributed by atoms with Crippen LogP contribution in [0.2, 0.25) is 0 Å². The lowest BCUT2D eigenvalue weighted by atomic mass is 10.1. The number of hydrogen-bond acceptors (Lipinski definition) is 3. The van der Waals surface area contributed by atoms with Crippen LogP contribution in [0.1, 0.15) is 5.69 Å². The van der Waals surface area contributed by atoms with Gasteiger partial charge in [0.2, 0.25) is 0 Å². The Bertz CT molecular complexity index is 462. The SMILES string of the molecule is NCc1ncoc1-c1c(F)cccc1F. The van der Waals surface area contributed by atoms with Crippen molar-refractivity contribution in [3.8, 4) is 11.3 Å². The fourth-order valence-corrected chi connectivity index (χ4v) is 1.33. The number of aromatic nitrogens is 1. The van der Waals surface area contributed by atoms with Crippen LogP contribution in [0.5, 0.6) is 0 Å². The maximum atomic E-state index is 13.4. The highest BCUT2D eigenvalue weighted by Gasteiger charge is 2.17. The van der Waals surface area contributed by atoms with E-state index in [0.29, 0.717) is 5.69 Å². The summed E-state index contributed by atoms with van der Waals surface area (Å²) in [5.41, 5.74) is 5.47. The molecule has 0 saturated carbocycles. The highest BCUT2D eigenvalue weighted by atomic mass is 19.1. The number of nitrogens with zero attached hydrogens (tertiary/aromatic N) is 1. The molecule has 0 radical (unpaired) electrons. The van der Waals surface area contributed by atoms with Crippen molar-refractivity contribution in [3.05, 3.63) is 41.9 Å². The van der Waals surface area contributed by atoms with Crippen molar-refractivity contribution in [3.63, 3.8) is 0 Å². The Balaban J connectivity index is 2.63. The zero-order valence-electron chi connectivity index (χ0n) is 7.71. The second-order valence-electron chi connectivity index (χ2n) is 2.93. The molecule has 2 N–H and O–H groups in total. The summed E-state index contributed by atoms with van der Waals surface area (Å²) in [4.78, 5) is 3.77. The van der Waals surface area contributed by atoms with Crippen LogP contribution in [0.25, 0.3) is 11.3 Å². The van der Waals surface area contributed by atoms with E-state index >= 15 is 0 Å². The minimum absolute atomic E-state index is 0.0492. The number of hydrogen-bond donors (Lipinski definition) is 1. The van der Waals surface area contributed by atoms with Gasteiger partial charge in [0.05, 0.1) is 5.56 Å². The van der Waals surface area contributed by atoms with Gasteiger partial charge in [0.1, 0.15) is 17.3 Å². The first-order chi connectivity index (χ1) is 7.24. The first-order valence-corrected chi connectivity index (χ1v) is 4.31. The zero-order valence-corrected chi connectivity index (χ0v) is 7.71. The summed E-state index contributed by atoms with van der Waals surface area (Å²) in [6.45, 7) is 0.0691. The third-order valence-corrected chi connectivity index (χ3v) is 2.02. The molecule has 15 heavy (non-hydrogen) atoms. The number of halogens is 2. The van der Waals surface area contributed by atoms with E-state index in [1.807, 2.05) is 0 Å². The van der Waals surface area contributed by atoms with Crippen molar-refractivity contribution in [2.75, 3.05) is 0 Å². The monoisotopic (exact) mass is 210 g/mol. The van der Waals surface area contributed by atoms with Crippen molar-refractivity contribution in [2.24, 2.45) is 5.73 Å². The van der Waals surface area contributed by atoms with Crippen LogP contribution < -0.4 is 5.73 Å². The molecular formula is C10H8F2N2O. The van der Waals surface area contributed by atoms with E-state index in [2.05, 4.69) is 4.98 Å². The molecule has 5 heteroatoms. The first-order valence-electron chi connectivity index (χ1n) is 4.31. The predicted molar refractivity (Wildman–Crippen MR) is 49.7 cm³/mol. The van der Waals surface area contributed by atoms with Gasteiger partial charge in [-0.1, -0.05) is 6.07 Å². The summed E-state index contributed by atoms with van der Waals surface area (Å²) in [5, 5.41) is 0. The van der Waals surface area contributed by atoms with Crippen LogP contribution in [-0.2, 0) is 6.54 Å². The normalized spacial score (nSPS) is 10.6. The molecule has 0 saturated heterocycles. The Morgan fingerprint density at radius 2 is 1.93 bits per heavy atom. The summed E-state index contributed by atoms with van der Waals surface area (Å²) in [6.07, 6.45) is 1.11. The molecule has 2 rings (SSSR count). The van der Waals surface area contributed by atoms with E-state index in [1.165, 1.54) is 6.07 Å². The smallest absolute Gasteiger partial charge is 0.181 e. The van der Waals surface area contributed by atoms with Gasteiger partial charge in [-0.2, -0.15) is 0 Å². The molecule has 0 aliphatic carbocycles. The van der Waals surface area contributed by atoms with E-state index in [0.717, 1.165) is 18.5 Å². The summed E-state index contributed by atoms with van der Waals surface area (Å²) >= 11 is 0. The van der Waals surface area contributed by atoms with Gasteiger partial charge in [0.15, 0.2) is 12.2 Å². The molecule has 3 nitrogen and oxygen atoms in total. The topological polar surface area (TPSA) is 52.0 Å². The van der Waals surface area contributed by atoms with Gasteiger partial charge in [0, 0.05) is 6.54 Å². The molecule has 1 heterocycles. The van der Waals surface area contributed by atoms with Gasteiger partial charge in [-0.05, 0) is 12.1 Å². The largest absolute Gasteiger partial charge is 0.443 e. The molecule has 1 aromatic heterocycles. The molecule has 0 bridgehead atoms. The molecule has 0 spiro atoms. The minimum Gasteiger partial charge on any atom is -0.443 e. The maximum Gasteiger partial charge on any atom is 0.181 e. The van der Waals surface area contributed by atoms with E-state index in [4.69, 9.17) is 10.2 Å². The van der Waals surface area contributed by atoms with Crippen LogP contribution in [0.4, 0.5) is 8.78 Å². The average molecular weight is 210 g/mol. The lowest BCUT2D eigenvalue weighted by Gasteiger charge is -2.02. The third-order valence-electron chi connectivity index (χ3n) is 2.02. The molecule has 0 amide bonds. The van der Waals surface area contributed by atoms with Crippen LogP contribution >= 0.6 is 0 Å². The summed E-state index contributed by atoms with van der Waals surface area (Å²) in [6, 6.07) is 3.59. The van der Waals surface area contributed by atoms with Crippen molar-refractivity contribution in [2.45, 2.75) is 6.54 Å². The Labute approximate surface area is 84.5 Å². The van der Waals surface area contributed by atoms with Crippen molar-refractivity contribution >= 4 is 0 Å². The standard InChI is InChI=1S/C10H8F2N2O/c11-6-2-1-3-7(12)9(6)10-8(4-13)14-5-15-10/h1-3,5H,4,13H2. The van der Waals surface area contributed by atoms with Crippen LogP contribution in [0, 0.1) is 11.6 Å². The number of benzene rings is 1. The Morgan fingerprint density at radius 1 is 1.27 bits per heavy atom. The van der Waals surface area contributed by atoms with Crippen molar-refractivity contribution < 1.29 is 13.2 Å². The quantitative estimate of drug-likeness (QED) is 0.825. The number of rotatable bonds is 2. The van der Waals surface area contributed by atoms with E-state index in [1.54, 1.807) is 0 Å². The molecule has 0 unspecified atom stereocenters. The van der Waals surface area contributed by atoms with Crippen LogP contribution in [0.15, 0.2) is 29.0 Å². The van der Waals surface area contributed by atoms with Gasteiger partial charge in [-0.3, -0.25) is 0 Å². The second-order valence-corrected chi connectivity index (χ2v) is 2.93. The molecule has 1 aromatic carbocycles. The lowest BCUT2D eigenvalue weighted by Crippen LogP contribution is -2.00. The van der Waals surface area contributed by atoms with Gasteiger partial charge in [0.25, 0.3) is 0 Å². The second kappa shape index (κ2) is 3.78. The van der Waals surface area contributed by atoms with Gasteiger partial charge < -0.3 is 10.2 Å². The fourth-order valence-electron chi connectivity index (χ4n) is 1.33. The van der Waals surface area contributed by atoms with E-state index in [9.17, 15) is 8.78 Å². The van der Waals surface area contributed by atoms with Crippen LogP contribution in [0.3, 0.4) is 0 Å². The Hall–Kier alpha value is -1.75. The van der Waals surface area contributed by atoms with Gasteiger partial charge >= 0.3 is 0 Å². The lowest BCUT2D eigenvalue weighted by molar-refractivity contribution is 0.542. The van der Waals surface area contributed by atoms with Gasteiger partial charge in [-0.15, -0.1) is 0 Å². The first kappa shape index (κ1) is 9.79. The molecule has 2 aromatic rings. The zero-order chi connectivity index (χ0) is 10.8. The highest BCUT2D eigenvalue weighted by molar-refractivity contribution is 5.61. The maximum absolute atomic E-state index is 13.4. The van der Waals surface area contributed by atoms with E-state index < -0.39 is 11.6 Å². The van der Waals surface area contributed by atoms with Crippen LogP contribution in [-0.4, -0.2) is 4.98 Å². The Kier molecular flexibility index (Phi) is 2.47. The minimum atomic E-state index is -0.693. The number of nitrogens with two attached hydrogens (primary N) is 1. The molecule has 0 aliphatic heterocycles. The molecule has 0 aliphatic rings. The summed E-state index contributed by atoms with van der Waals surface area (Å²) in [7, 11) is 0. The molecular weight excluding hydrogens is 202 g/mol. The Morgan fingerprint density at radius 3 is 2.53 bits per heavy atom. The molecule has 0 fully saturated rings. The molecule has 0 atom stereocenters. The third kappa shape index (κ3) is 1.61. The van der Waals surface area contributed by atoms with Crippen molar-refractivity contribution in [1.29, 1.82) is 0 Å². The van der Waals surface area contributed by atoms with E-state index in [-0.39, 0.29) is 17.9 Å². The summed E-state index contributed by atoms with van der Waals surface area (Å²) in [5.74, 6) is -1.34.